The SMILES string of the molecule is CNCc1cn(C)nc1C(C)(C)C. The van der Waals surface area contributed by atoms with Crippen LogP contribution in [0.5, 0.6) is 0 Å². The Bertz CT molecular complexity index is 281. The Morgan fingerprint density at radius 3 is 2.54 bits per heavy atom. The molecule has 1 heterocycles. The summed E-state index contributed by atoms with van der Waals surface area (Å²) < 4.78 is 1.88. The van der Waals surface area contributed by atoms with Crippen molar-refractivity contribution in [3.05, 3.63) is 17.5 Å². The normalized spacial score (nSPS) is 12.1. The minimum Gasteiger partial charge on any atom is -0.316 e. The molecule has 0 unspecified atom stereocenters. The van der Waals surface area contributed by atoms with Crippen LogP contribution in [0.4, 0.5) is 0 Å². The second kappa shape index (κ2) is 3.50. The van der Waals surface area contributed by atoms with Gasteiger partial charge in [-0.25, -0.2) is 0 Å². The summed E-state index contributed by atoms with van der Waals surface area (Å²) in [6, 6.07) is 0. The highest BCUT2D eigenvalue weighted by atomic mass is 15.3. The zero-order valence-electron chi connectivity index (χ0n) is 9.18. The van der Waals surface area contributed by atoms with E-state index in [-0.39, 0.29) is 5.41 Å². The highest BCUT2D eigenvalue weighted by Crippen LogP contribution is 2.23. The fourth-order valence-electron chi connectivity index (χ4n) is 1.49. The van der Waals surface area contributed by atoms with Crippen LogP contribution in [-0.4, -0.2) is 16.8 Å². The molecule has 0 atom stereocenters. The fourth-order valence-corrected chi connectivity index (χ4v) is 1.49. The lowest BCUT2D eigenvalue weighted by Crippen LogP contribution is -2.17. The molecule has 0 aliphatic heterocycles. The number of nitrogens with one attached hydrogen (secondary N) is 1. The van der Waals surface area contributed by atoms with Crippen LogP contribution >= 0.6 is 0 Å². The molecular weight excluding hydrogens is 162 g/mol. The molecule has 0 aromatic carbocycles. The highest BCUT2D eigenvalue weighted by Gasteiger charge is 2.20. The van der Waals surface area contributed by atoms with Gasteiger partial charge >= 0.3 is 0 Å². The fraction of sp³-hybridized carbons (Fsp3) is 0.700. The van der Waals surface area contributed by atoms with Crippen molar-refractivity contribution >= 4 is 0 Å². The third-order valence-corrected chi connectivity index (χ3v) is 1.98. The van der Waals surface area contributed by atoms with E-state index < -0.39 is 0 Å². The standard InChI is InChI=1S/C10H19N3/c1-10(2,3)9-8(6-11-4)7-13(5)12-9/h7,11H,6H2,1-5H3. The van der Waals surface area contributed by atoms with Gasteiger partial charge in [0.2, 0.25) is 0 Å². The number of hydrogen-bond donors (Lipinski definition) is 1. The lowest BCUT2D eigenvalue weighted by molar-refractivity contribution is 0.546. The monoisotopic (exact) mass is 181 g/mol. The first-order valence-electron chi connectivity index (χ1n) is 4.62. The quantitative estimate of drug-likeness (QED) is 0.748. The van der Waals surface area contributed by atoms with E-state index in [1.807, 2.05) is 18.8 Å². The molecule has 0 amide bonds. The maximum atomic E-state index is 4.48. The number of nitrogens with zero attached hydrogens (tertiary/aromatic N) is 2. The second-order valence-corrected chi connectivity index (χ2v) is 4.46. The van der Waals surface area contributed by atoms with Gasteiger partial charge in [-0.15, -0.1) is 0 Å². The number of aromatic nitrogens is 2. The van der Waals surface area contributed by atoms with Gasteiger partial charge in [0.25, 0.3) is 0 Å². The summed E-state index contributed by atoms with van der Waals surface area (Å²) in [6.07, 6.45) is 2.08. The number of rotatable bonds is 2. The molecule has 0 spiro atoms. The van der Waals surface area contributed by atoms with Crippen LogP contribution in [0.1, 0.15) is 32.0 Å². The Balaban J connectivity index is 3.04. The van der Waals surface area contributed by atoms with Crippen molar-refractivity contribution < 1.29 is 0 Å². The average molecular weight is 181 g/mol. The van der Waals surface area contributed by atoms with Crippen molar-refractivity contribution in [3.8, 4) is 0 Å². The first-order valence-corrected chi connectivity index (χ1v) is 4.62. The molecule has 3 heteroatoms. The van der Waals surface area contributed by atoms with Gasteiger partial charge in [0, 0.05) is 30.8 Å². The van der Waals surface area contributed by atoms with Crippen LogP contribution in [0, 0.1) is 0 Å². The van der Waals surface area contributed by atoms with Crippen molar-refractivity contribution in [1.29, 1.82) is 0 Å². The van der Waals surface area contributed by atoms with Crippen LogP contribution in [0.2, 0.25) is 0 Å². The number of hydrogen-bond acceptors (Lipinski definition) is 2. The summed E-state index contributed by atoms with van der Waals surface area (Å²) in [5.74, 6) is 0. The summed E-state index contributed by atoms with van der Waals surface area (Å²) in [5, 5.41) is 7.63. The minimum atomic E-state index is 0.132. The topological polar surface area (TPSA) is 29.9 Å². The molecule has 1 rings (SSSR count). The Morgan fingerprint density at radius 2 is 2.08 bits per heavy atom. The predicted octanol–water partition coefficient (Wildman–Crippen LogP) is 1.44. The molecule has 3 nitrogen and oxygen atoms in total. The lowest BCUT2D eigenvalue weighted by atomic mass is 9.89. The lowest BCUT2D eigenvalue weighted by Gasteiger charge is -2.17. The Morgan fingerprint density at radius 1 is 1.46 bits per heavy atom. The maximum Gasteiger partial charge on any atom is 0.0722 e. The van der Waals surface area contributed by atoms with Crippen LogP contribution in [0.3, 0.4) is 0 Å². The van der Waals surface area contributed by atoms with Crippen molar-refractivity contribution in [2.24, 2.45) is 7.05 Å². The van der Waals surface area contributed by atoms with E-state index in [1.165, 1.54) is 11.3 Å². The zero-order chi connectivity index (χ0) is 10.1. The largest absolute Gasteiger partial charge is 0.316 e. The Labute approximate surface area is 80.1 Å². The van der Waals surface area contributed by atoms with E-state index in [9.17, 15) is 0 Å². The molecule has 0 saturated heterocycles. The van der Waals surface area contributed by atoms with Crippen molar-refractivity contribution in [3.63, 3.8) is 0 Å². The molecule has 0 aliphatic carbocycles. The molecule has 1 aromatic rings. The molecule has 74 valence electrons. The molecule has 13 heavy (non-hydrogen) atoms. The Kier molecular flexibility index (Phi) is 2.76. The van der Waals surface area contributed by atoms with Crippen LogP contribution in [0.15, 0.2) is 6.20 Å². The van der Waals surface area contributed by atoms with E-state index in [2.05, 4.69) is 37.4 Å². The molecular formula is C10H19N3. The Hall–Kier alpha value is -0.830. The van der Waals surface area contributed by atoms with E-state index in [1.54, 1.807) is 0 Å². The molecule has 0 saturated carbocycles. The van der Waals surface area contributed by atoms with Crippen LogP contribution in [0.25, 0.3) is 0 Å². The maximum absolute atomic E-state index is 4.48. The van der Waals surface area contributed by atoms with Gasteiger partial charge in [0.05, 0.1) is 5.69 Å². The van der Waals surface area contributed by atoms with Gasteiger partial charge in [-0.05, 0) is 7.05 Å². The van der Waals surface area contributed by atoms with Gasteiger partial charge in [-0.3, -0.25) is 4.68 Å². The summed E-state index contributed by atoms with van der Waals surface area (Å²) in [6.45, 7) is 7.46. The summed E-state index contributed by atoms with van der Waals surface area (Å²) in [5.41, 5.74) is 2.61. The molecule has 0 fully saturated rings. The zero-order valence-corrected chi connectivity index (χ0v) is 9.18. The third kappa shape index (κ3) is 2.31. The minimum absolute atomic E-state index is 0.132. The van der Waals surface area contributed by atoms with Gasteiger partial charge < -0.3 is 5.32 Å². The van der Waals surface area contributed by atoms with Crippen LogP contribution in [-0.2, 0) is 19.0 Å². The predicted molar refractivity (Wildman–Crippen MR) is 54.7 cm³/mol. The third-order valence-electron chi connectivity index (χ3n) is 1.98. The van der Waals surface area contributed by atoms with Gasteiger partial charge in [0.15, 0.2) is 0 Å². The summed E-state index contributed by atoms with van der Waals surface area (Å²) in [7, 11) is 3.92. The van der Waals surface area contributed by atoms with Gasteiger partial charge in [-0.2, -0.15) is 5.10 Å². The van der Waals surface area contributed by atoms with E-state index >= 15 is 0 Å². The first-order chi connectivity index (χ1) is 5.95. The highest BCUT2D eigenvalue weighted by molar-refractivity contribution is 5.23. The smallest absolute Gasteiger partial charge is 0.0722 e. The molecule has 0 bridgehead atoms. The van der Waals surface area contributed by atoms with Crippen molar-refractivity contribution in [1.82, 2.24) is 15.1 Å². The van der Waals surface area contributed by atoms with E-state index in [0.29, 0.717) is 0 Å². The van der Waals surface area contributed by atoms with E-state index in [0.717, 1.165) is 6.54 Å². The number of aryl methyl sites for hydroxylation is 1. The second-order valence-electron chi connectivity index (χ2n) is 4.46. The summed E-state index contributed by atoms with van der Waals surface area (Å²) in [4.78, 5) is 0. The van der Waals surface area contributed by atoms with Crippen LogP contribution < -0.4 is 5.32 Å². The van der Waals surface area contributed by atoms with Gasteiger partial charge in [-0.1, -0.05) is 20.8 Å². The molecule has 1 N–H and O–H groups in total. The summed E-state index contributed by atoms with van der Waals surface area (Å²) >= 11 is 0. The molecule has 1 aromatic heterocycles. The van der Waals surface area contributed by atoms with E-state index in [4.69, 9.17) is 0 Å². The molecule has 0 aliphatic rings. The van der Waals surface area contributed by atoms with Gasteiger partial charge in [0.1, 0.15) is 0 Å². The first kappa shape index (κ1) is 10.3. The average Bonchev–Trinajstić information content (AvgIpc) is 2.30. The van der Waals surface area contributed by atoms with Crippen molar-refractivity contribution in [2.45, 2.75) is 32.7 Å². The molecule has 0 radical (unpaired) electrons. The van der Waals surface area contributed by atoms with Crippen molar-refractivity contribution in [2.75, 3.05) is 7.05 Å².